The SMILES string of the molecule is O=C(OC(c1ccccc1)c1ccccc1)[C@H]1[C@H]2C(=O)N(c3ccc([N+](=O)[O-])cc3)C(=O)[C@@H]2[C@H]2C=Cc3ccccc3N21. The van der Waals surface area contributed by atoms with Gasteiger partial charge in [0, 0.05) is 17.8 Å². The van der Waals surface area contributed by atoms with Gasteiger partial charge in [0.2, 0.25) is 11.8 Å². The topological polar surface area (TPSA) is 110 Å². The molecule has 0 aliphatic carbocycles. The fraction of sp³-hybridized carbons (Fsp3) is 0.147. The summed E-state index contributed by atoms with van der Waals surface area (Å²) in [5, 5.41) is 11.2. The number of para-hydroxylation sites is 1. The molecule has 43 heavy (non-hydrogen) atoms. The van der Waals surface area contributed by atoms with Crippen LogP contribution >= 0.6 is 0 Å². The maximum atomic E-state index is 14.4. The summed E-state index contributed by atoms with van der Waals surface area (Å²) in [6.45, 7) is 0. The maximum Gasteiger partial charge on any atom is 0.330 e. The van der Waals surface area contributed by atoms with Crippen LogP contribution in [0, 0.1) is 22.0 Å². The molecule has 0 saturated carbocycles. The van der Waals surface area contributed by atoms with Crippen molar-refractivity contribution in [1.82, 2.24) is 0 Å². The molecule has 3 aliphatic heterocycles. The Kier molecular flexibility index (Phi) is 6.35. The third-order valence-corrected chi connectivity index (χ3v) is 8.41. The minimum atomic E-state index is -1.09. The molecule has 2 fully saturated rings. The lowest BCUT2D eigenvalue weighted by atomic mass is 9.88. The number of nitro benzene ring substituents is 1. The van der Waals surface area contributed by atoms with Gasteiger partial charge in [0.05, 0.1) is 28.5 Å². The first-order valence-electron chi connectivity index (χ1n) is 13.9. The average Bonchev–Trinajstić information content (AvgIpc) is 3.53. The number of amides is 2. The van der Waals surface area contributed by atoms with E-state index < -0.39 is 52.7 Å². The molecule has 4 aromatic carbocycles. The van der Waals surface area contributed by atoms with Crippen LogP contribution in [0.5, 0.6) is 0 Å². The first kappa shape index (κ1) is 26.3. The van der Waals surface area contributed by atoms with Gasteiger partial charge in [-0.1, -0.05) is 91.0 Å². The summed E-state index contributed by atoms with van der Waals surface area (Å²) in [7, 11) is 0. The van der Waals surface area contributed by atoms with Crippen LogP contribution in [0.4, 0.5) is 17.1 Å². The van der Waals surface area contributed by atoms with Gasteiger partial charge < -0.3 is 9.64 Å². The average molecular weight is 572 g/mol. The van der Waals surface area contributed by atoms with Crippen molar-refractivity contribution in [2.75, 3.05) is 9.80 Å². The molecule has 0 unspecified atom stereocenters. The van der Waals surface area contributed by atoms with E-state index in [0.717, 1.165) is 27.3 Å². The number of non-ortho nitro benzene ring substituents is 1. The van der Waals surface area contributed by atoms with Crippen LogP contribution in [0.3, 0.4) is 0 Å². The Balaban J connectivity index is 1.30. The van der Waals surface area contributed by atoms with Crippen molar-refractivity contribution in [2.24, 2.45) is 11.8 Å². The predicted molar refractivity (Wildman–Crippen MR) is 159 cm³/mol. The third-order valence-electron chi connectivity index (χ3n) is 8.41. The first-order valence-corrected chi connectivity index (χ1v) is 13.9. The summed E-state index contributed by atoms with van der Waals surface area (Å²) in [6.07, 6.45) is 3.04. The van der Waals surface area contributed by atoms with E-state index in [4.69, 9.17) is 4.74 Å². The van der Waals surface area contributed by atoms with Gasteiger partial charge in [-0.05, 0) is 34.9 Å². The molecule has 0 bridgehead atoms. The second-order valence-corrected chi connectivity index (χ2v) is 10.7. The molecular weight excluding hydrogens is 546 g/mol. The van der Waals surface area contributed by atoms with E-state index in [1.165, 1.54) is 24.3 Å². The highest BCUT2D eigenvalue weighted by molar-refractivity contribution is 6.24. The number of hydrogen-bond donors (Lipinski definition) is 0. The van der Waals surface area contributed by atoms with E-state index in [1.807, 2.05) is 102 Å². The molecule has 3 heterocycles. The number of fused-ring (bicyclic) bond motifs is 5. The number of anilines is 2. The van der Waals surface area contributed by atoms with Gasteiger partial charge in [-0.25, -0.2) is 9.69 Å². The summed E-state index contributed by atoms with van der Waals surface area (Å²) < 4.78 is 6.28. The zero-order valence-electron chi connectivity index (χ0n) is 22.7. The zero-order chi connectivity index (χ0) is 29.7. The van der Waals surface area contributed by atoms with Gasteiger partial charge in [-0.2, -0.15) is 0 Å². The number of carbonyl (C=O) groups is 3. The van der Waals surface area contributed by atoms with E-state index >= 15 is 0 Å². The molecule has 3 aliphatic rings. The Morgan fingerprint density at radius 3 is 1.98 bits per heavy atom. The van der Waals surface area contributed by atoms with Gasteiger partial charge in [-0.15, -0.1) is 0 Å². The van der Waals surface area contributed by atoms with Crippen molar-refractivity contribution in [1.29, 1.82) is 0 Å². The third kappa shape index (κ3) is 4.28. The largest absolute Gasteiger partial charge is 0.451 e. The summed E-state index contributed by atoms with van der Waals surface area (Å²) in [6, 6.07) is 29.9. The van der Waals surface area contributed by atoms with Crippen LogP contribution in [-0.4, -0.2) is 34.8 Å². The molecule has 0 spiro atoms. The Bertz CT molecular complexity index is 1730. The molecule has 9 nitrogen and oxygen atoms in total. The van der Waals surface area contributed by atoms with Crippen molar-refractivity contribution in [3.8, 4) is 0 Å². The summed E-state index contributed by atoms with van der Waals surface area (Å²) in [4.78, 5) is 56.0. The molecule has 0 radical (unpaired) electrons. The molecule has 0 N–H and O–H groups in total. The van der Waals surface area contributed by atoms with Crippen molar-refractivity contribution in [2.45, 2.75) is 18.2 Å². The maximum absolute atomic E-state index is 14.4. The number of esters is 1. The van der Waals surface area contributed by atoms with Crippen molar-refractivity contribution < 1.29 is 24.0 Å². The van der Waals surface area contributed by atoms with Crippen LogP contribution in [0.25, 0.3) is 6.08 Å². The molecule has 2 amide bonds. The number of hydrogen-bond acceptors (Lipinski definition) is 7. The van der Waals surface area contributed by atoms with Gasteiger partial charge in [0.1, 0.15) is 6.04 Å². The predicted octanol–water partition coefficient (Wildman–Crippen LogP) is 5.32. The summed E-state index contributed by atoms with van der Waals surface area (Å²) in [5.74, 6) is -3.49. The van der Waals surface area contributed by atoms with Gasteiger partial charge in [0.15, 0.2) is 6.10 Å². The highest BCUT2D eigenvalue weighted by atomic mass is 16.6. The zero-order valence-corrected chi connectivity index (χ0v) is 22.7. The van der Waals surface area contributed by atoms with E-state index in [1.54, 1.807) is 0 Å². The Labute approximate surface area is 246 Å². The van der Waals surface area contributed by atoms with E-state index in [2.05, 4.69) is 0 Å². The minimum absolute atomic E-state index is 0.157. The molecular formula is C34H25N3O6. The molecule has 2 saturated heterocycles. The van der Waals surface area contributed by atoms with Crippen LogP contribution in [0.2, 0.25) is 0 Å². The summed E-state index contributed by atoms with van der Waals surface area (Å²) in [5.41, 5.74) is 3.22. The number of imide groups is 1. The van der Waals surface area contributed by atoms with Crippen LogP contribution in [0.1, 0.15) is 22.8 Å². The molecule has 9 heteroatoms. The quantitative estimate of drug-likeness (QED) is 0.133. The number of ether oxygens (including phenoxy) is 1. The number of nitrogens with zero attached hydrogens (tertiary/aromatic N) is 3. The van der Waals surface area contributed by atoms with Gasteiger partial charge >= 0.3 is 5.97 Å². The second-order valence-electron chi connectivity index (χ2n) is 10.7. The van der Waals surface area contributed by atoms with Crippen LogP contribution in [0.15, 0.2) is 115 Å². The highest BCUT2D eigenvalue weighted by Crippen LogP contribution is 2.50. The molecule has 7 rings (SSSR count). The lowest BCUT2D eigenvalue weighted by molar-refractivity contribution is -0.384. The number of nitro groups is 1. The fourth-order valence-electron chi connectivity index (χ4n) is 6.53. The van der Waals surface area contributed by atoms with Crippen molar-refractivity contribution in [3.63, 3.8) is 0 Å². The van der Waals surface area contributed by atoms with Crippen molar-refractivity contribution >= 4 is 40.9 Å². The Morgan fingerprint density at radius 2 is 1.35 bits per heavy atom. The molecule has 0 aromatic heterocycles. The number of carbonyl (C=O) groups excluding carboxylic acids is 3. The Hall–Kier alpha value is -5.57. The Morgan fingerprint density at radius 1 is 0.767 bits per heavy atom. The number of rotatable bonds is 6. The van der Waals surface area contributed by atoms with E-state index in [0.29, 0.717) is 0 Å². The highest BCUT2D eigenvalue weighted by Gasteiger charge is 2.65. The fourth-order valence-corrected chi connectivity index (χ4v) is 6.53. The van der Waals surface area contributed by atoms with E-state index in [9.17, 15) is 24.5 Å². The molecule has 4 atom stereocenters. The van der Waals surface area contributed by atoms with Crippen LogP contribution < -0.4 is 9.80 Å². The summed E-state index contributed by atoms with van der Waals surface area (Å²) >= 11 is 0. The standard InChI is InChI=1S/C34H25N3O6/c38-32-28-27-20-15-21-9-7-8-14-26(21)36(27)30(29(28)33(39)35(32)24-16-18-25(19-17-24)37(41)42)34(40)43-31(22-10-3-1-4-11-22)23-12-5-2-6-13-23/h1-20,27-31H/t27-,28-,29+,30-/m1/s1. The normalized spacial score (nSPS) is 21.9. The smallest absolute Gasteiger partial charge is 0.330 e. The second kappa shape index (κ2) is 10.4. The monoisotopic (exact) mass is 571 g/mol. The van der Waals surface area contributed by atoms with E-state index in [-0.39, 0.29) is 11.4 Å². The lowest BCUT2D eigenvalue weighted by Gasteiger charge is -2.36. The van der Waals surface area contributed by atoms with Crippen molar-refractivity contribution in [3.05, 3.63) is 142 Å². The van der Waals surface area contributed by atoms with Crippen LogP contribution in [-0.2, 0) is 19.1 Å². The lowest BCUT2D eigenvalue weighted by Crippen LogP contribution is -2.49. The number of benzene rings is 4. The van der Waals surface area contributed by atoms with Gasteiger partial charge in [0.25, 0.3) is 5.69 Å². The van der Waals surface area contributed by atoms with Gasteiger partial charge in [-0.3, -0.25) is 19.7 Å². The minimum Gasteiger partial charge on any atom is -0.451 e. The molecule has 4 aromatic rings. The first-order chi connectivity index (χ1) is 20.9. The molecule has 212 valence electrons.